The number of carbonyl (C=O) groups is 1. The zero-order valence-electron chi connectivity index (χ0n) is 15.4. The largest absolute Gasteiger partial charge is 0.444 e. The number of ether oxygens (including phenoxy) is 1. The lowest BCUT2D eigenvalue weighted by atomic mass is 10.1. The molecule has 142 valence electrons. The molecule has 8 heteroatoms. The number of hydrogen-bond donors (Lipinski definition) is 2. The maximum atomic E-state index is 12.9. The first-order chi connectivity index (χ1) is 11.6. The van der Waals surface area contributed by atoms with Crippen LogP contribution >= 0.6 is 7.60 Å². The molecule has 2 N–H and O–H groups in total. The third-order valence-corrected chi connectivity index (χ3v) is 5.25. The summed E-state index contributed by atoms with van der Waals surface area (Å²) in [7, 11) is -3.85. The van der Waals surface area contributed by atoms with Crippen LogP contribution in [-0.2, 0) is 18.3 Å². The molecule has 0 bridgehead atoms. The first-order valence-corrected chi connectivity index (χ1v) is 9.85. The van der Waals surface area contributed by atoms with Crippen molar-refractivity contribution in [3.63, 3.8) is 0 Å². The minimum absolute atomic E-state index is 0.0995. The van der Waals surface area contributed by atoms with Crippen LogP contribution in [0.4, 0.5) is 4.79 Å². The summed E-state index contributed by atoms with van der Waals surface area (Å²) in [6.45, 7) is 8.68. The Morgan fingerprint density at radius 2 is 1.68 bits per heavy atom. The number of amides is 1. The summed E-state index contributed by atoms with van der Waals surface area (Å²) >= 11 is 0. The van der Waals surface area contributed by atoms with Gasteiger partial charge in [0.25, 0.3) is 0 Å². The third-order valence-electron chi connectivity index (χ3n) is 3.07. The van der Waals surface area contributed by atoms with Crippen molar-refractivity contribution in [3.8, 4) is 0 Å². The predicted molar refractivity (Wildman–Crippen MR) is 95.4 cm³/mol. The van der Waals surface area contributed by atoms with Crippen LogP contribution in [0.5, 0.6) is 0 Å². The molecule has 1 amide bonds. The summed E-state index contributed by atoms with van der Waals surface area (Å²) in [5, 5.41) is 13.3. The lowest BCUT2D eigenvalue weighted by Gasteiger charge is -2.30. The molecule has 1 aromatic rings. The van der Waals surface area contributed by atoms with E-state index in [1.165, 1.54) is 0 Å². The summed E-state index contributed by atoms with van der Waals surface area (Å²) in [4.78, 5) is 12.2. The molecule has 0 spiro atoms. The average molecular weight is 373 g/mol. The van der Waals surface area contributed by atoms with Gasteiger partial charge >= 0.3 is 13.7 Å². The van der Waals surface area contributed by atoms with E-state index in [1.54, 1.807) is 65.0 Å². The second-order valence-corrected chi connectivity index (χ2v) is 8.45. The quantitative estimate of drug-likeness (QED) is 0.673. The van der Waals surface area contributed by atoms with Crippen LogP contribution < -0.4 is 5.32 Å². The molecule has 7 nitrogen and oxygen atoms in total. The van der Waals surface area contributed by atoms with Gasteiger partial charge in [-0.1, -0.05) is 30.3 Å². The Bertz CT molecular complexity index is 577. The minimum Gasteiger partial charge on any atom is -0.444 e. The number of rotatable bonds is 8. The van der Waals surface area contributed by atoms with Crippen molar-refractivity contribution in [3.05, 3.63) is 35.9 Å². The van der Waals surface area contributed by atoms with Gasteiger partial charge in [0.1, 0.15) is 5.60 Å². The van der Waals surface area contributed by atoms with Crippen molar-refractivity contribution in [1.82, 2.24) is 5.32 Å². The maximum Gasteiger partial charge on any atom is 0.408 e. The van der Waals surface area contributed by atoms with Gasteiger partial charge in [-0.3, -0.25) is 4.57 Å². The number of aliphatic hydroxyl groups excluding tert-OH is 1. The van der Waals surface area contributed by atoms with E-state index in [0.717, 1.165) is 0 Å². The number of carbonyl (C=O) groups excluding carboxylic acids is 1. The zero-order chi connectivity index (χ0) is 19.1. The monoisotopic (exact) mass is 373 g/mol. The third kappa shape index (κ3) is 6.78. The normalized spacial score (nSPS) is 14.6. The Morgan fingerprint density at radius 3 is 2.12 bits per heavy atom. The molecule has 0 saturated carbocycles. The molecule has 0 aliphatic carbocycles. The number of benzene rings is 1. The van der Waals surface area contributed by atoms with Gasteiger partial charge in [0, 0.05) is 0 Å². The number of aliphatic hydroxyl groups is 1. The molecule has 2 atom stereocenters. The highest BCUT2D eigenvalue weighted by Crippen LogP contribution is 2.55. The summed E-state index contributed by atoms with van der Waals surface area (Å²) in [6, 6.07) is 7.68. The van der Waals surface area contributed by atoms with Crippen LogP contribution in [0.3, 0.4) is 0 Å². The zero-order valence-corrected chi connectivity index (χ0v) is 16.3. The molecule has 0 aromatic heterocycles. The van der Waals surface area contributed by atoms with Crippen molar-refractivity contribution in [2.24, 2.45) is 0 Å². The number of nitrogens with one attached hydrogen (secondary N) is 1. The summed E-state index contributed by atoms with van der Waals surface area (Å²) in [6.07, 6.45) is -0.736. The topological polar surface area (TPSA) is 94.1 Å². The fraction of sp³-hybridized carbons (Fsp3) is 0.588. The van der Waals surface area contributed by atoms with Crippen molar-refractivity contribution in [2.75, 3.05) is 13.2 Å². The Kier molecular flexibility index (Phi) is 8.09. The van der Waals surface area contributed by atoms with Gasteiger partial charge in [0.15, 0.2) is 5.85 Å². The van der Waals surface area contributed by atoms with Gasteiger partial charge in [0.05, 0.1) is 19.3 Å². The van der Waals surface area contributed by atoms with Crippen molar-refractivity contribution >= 4 is 13.7 Å². The van der Waals surface area contributed by atoms with Crippen LogP contribution in [-0.4, -0.2) is 35.9 Å². The van der Waals surface area contributed by atoms with Crippen LogP contribution in [0.2, 0.25) is 0 Å². The van der Waals surface area contributed by atoms with E-state index < -0.39 is 31.2 Å². The Morgan fingerprint density at radius 1 is 1.16 bits per heavy atom. The van der Waals surface area contributed by atoms with Crippen LogP contribution in [0, 0.1) is 0 Å². The van der Waals surface area contributed by atoms with E-state index in [1.807, 2.05) is 0 Å². The summed E-state index contributed by atoms with van der Waals surface area (Å²) in [5.41, 5.74) is -0.153. The molecule has 0 saturated heterocycles. The van der Waals surface area contributed by atoms with E-state index >= 15 is 0 Å². The number of alkyl carbamates (subject to hydrolysis) is 1. The SMILES string of the molecule is CCOP(=O)(OCC)[C@@H](O)[C@@H](NC(=O)OC(C)(C)C)c1ccccc1. The van der Waals surface area contributed by atoms with E-state index in [9.17, 15) is 14.5 Å². The van der Waals surface area contributed by atoms with Crippen LogP contribution in [0.15, 0.2) is 30.3 Å². The molecule has 0 radical (unpaired) electrons. The van der Waals surface area contributed by atoms with Gasteiger partial charge in [-0.05, 0) is 40.2 Å². The van der Waals surface area contributed by atoms with Gasteiger partial charge in [0.2, 0.25) is 0 Å². The van der Waals surface area contributed by atoms with Crippen molar-refractivity contribution in [2.45, 2.75) is 52.1 Å². The second-order valence-electron chi connectivity index (χ2n) is 6.32. The Labute approximate surface area is 149 Å². The Balaban J connectivity index is 3.13. The lowest BCUT2D eigenvalue weighted by molar-refractivity contribution is 0.0448. The van der Waals surface area contributed by atoms with Crippen LogP contribution in [0.1, 0.15) is 46.2 Å². The molecule has 0 aliphatic heterocycles. The highest BCUT2D eigenvalue weighted by molar-refractivity contribution is 7.54. The summed E-state index contributed by atoms with van der Waals surface area (Å²) < 4.78 is 28.6. The molecular weight excluding hydrogens is 345 g/mol. The molecule has 0 fully saturated rings. The van der Waals surface area contributed by atoms with Crippen LogP contribution in [0.25, 0.3) is 0 Å². The molecule has 1 rings (SSSR count). The maximum absolute atomic E-state index is 12.9. The minimum atomic E-state index is -3.85. The molecule has 0 aliphatic rings. The molecule has 25 heavy (non-hydrogen) atoms. The smallest absolute Gasteiger partial charge is 0.408 e. The predicted octanol–water partition coefficient (Wildman–Crippen LogP) is 3.84. The summed E-state index contributed by atoms with van der Waals surface area (Å²) in [5.74, 6) is -1.58. The van der Waals surface area contributed by atoms with Gasteiger partial charge in [-0.2, -0.15) is 0 Å². The average Bonchev–Trinajstić information content (AvgIpc) is 2.51. The highest BCUT2D eigenvalue weighted by atomic mass is 31.2. The van der Waals surface area contributed by atoms with E-state index in [-0.39, 0.29) is 13.2 Å². The van der Waals surface area contributed by atoms with Gasteiger partial charge < -0.3 is 24.2 Å². The van der Waals surface area contributed by atoms with E-state index in [4.69, 9.17) is 13.8 Å². The van der Waals surface area contributed by atoms with Gasteiger partial charge in [-0.15, -0.1) is 0 Å². The molecule has 0 unspecified atom stereocenters. The first kappa shape index (κ1) is 21.6. The fourth-order valence-corrected chi connectivity index (χ4v) is 3.87. The standard InChI is InChI=1S/C17H28NO6P/c1-6-22-25(21,23-7-2)15(19)14(13-11-9-8-10-12-13)18-16(20)24-17(3,4)5/h8-12,14-15,19H,6-7H2,1-5H3,(H,18,20)/t14-,15+/m0/s1. The Hall–Kier alpha value is -1.40. The fourth-order valence-electron chi connectivity index (χ4n) is 2.16. The van der Waals surface area contributed by atoms with Crippen molar-refractivity contribution < 1.29 is 28.3 Å². The molecule has 1 aromatic carbocycles. The molecule has 0 heterocycles. The highest BCUT2D eigenvalue weighted by Gasteiger charge is 2.42. The molecular formula is C17H28NO6P. The number of hydrogen-bond acceptors (Lipinski definition) is 6. The second kappa shape index (κ2) is 9.34. The van der Waals surface area contributed by atoms with E-state index in [0.29, 0.717) is 5.56 Å². The lowest BCUT2D eigenvalue weighted by Crippen LogP contribution is -2.40. The van der Waals surface area contributed by atoms with E-state index in [2.05, 4.69) is 5.32 Å². The first-order valence-electron chi connectivity index (χ1n) is 8.24. The van der Waals surface area contributed by atoms with Gasteiger partial charge in [-0.25, -0.2) is 4.79 Å². The van der Waals surface area contributed by atoms with Crippen molar-refractivity contribution in [1.29, 1.82) is 0 Å².